The molecule has 0 radical (unpaired) electrons. The van der Waals surface area contributed by atoms with Gasteiger partial charge in [0.1, 0.15) is 0 Å². The molecule has 1 aromatic heterocycles. The molecule has 3 fully saturated rings. The molecular formula is C22H30N4O2S. The van der Waals surface area contributed by atoms with Crippen molar-refractivity contribution in [3.8, 4) is 0 Å². The average molecular weight is 415 g/mol. The number of rotatable bonds is 7. The fourth-order valence-corrected chi connectivity index (χ4v) is 7.26. The van der Waals surface area contributed by atoms with Crippen molar-refractivity contribution < 1.29 is 8.42 Å². The Labute approximate surface area is 173 Å². The summed E-state index contributed by atoms with van der Waals surface area (Å²) in [4.78, 5) is 10.1. The molecule has 3 heterocycles. The quantitative estimate of drug-likeness (QED) is 0.756. The summed E-state index contributed by atoms with van der Waals surface area (Å²) in [6.07, 6.45) is 5.48. The number of nitrogens with zero attached hydrogens (tertiary/aromatic N) is 3. The van der Waals surface area contributed by atoms with Crippen LogP contribution in [0.15, 0.2) is 36.7 Å². The predicted molar refractivity (Wildman–Crippen MR) is 113 cm³/mol. The van der Waals surface area contributed by atoms with Gasteiger partial charge in [-0.2, -0.15) is 0 Å². The number of sulfonamides is 1. The van der Waals surface area contributed by atoms with E-state index in [-0.39, 0.29) is 10.7 Å². The van der Waals surface area contributed by atoms with Gasteiger partial charge in [0.05, 0.1) is 17.3 Å². The Hall–Kier alpha value is -1.70. The van der Waals surface area contributed by atoms with Gasteiger partial charge in [-0.15, -0.1) is 0 Å². The van der Waals surface area contributed by atoms with Gasteiger partial charge in [0.25, 0.3) is 0 Å². The zero-order valence-electron chi connectivity index (χ0n) is 17.0. The maximum absolute atomic E-state index is 12.9. The number of imidazole rings is 1. The molecule has 1 saturated carbocycles. The lowest BCUT2D eigenvalue weighted by Crippen LogP contribution is -2.38. The lowest BCUT2D eigenvalue weighted by molar-refractivity contribution is 0.223. The van der Waals surface area contributed by atoms with Crippen LogP contribution in [0.4, 0.5) is 0 Å². The van der Waals surface area contributed by atoms with Gasteiger partial charge >= 0.3 is 0 Å². The van der Waals surface area contributed by atoms with Crippen LogP contribution in [0.5, 0.6) is 0 Å². The largest absolute Gasteiger partial charge is 0.348 e. The number of fused-ring (bicyclic) bond motifs is 1. The van der Waals surface area contributed by atoms with Crippen LogP contribution in [0.3, 0.4) is 0 Å². The van der Waals surface area contributed by atoms with Crippen molar-refractivity contribution in [2.24, 2.45) is 11.3 Å². The molecule has 0 amide bonds. The van der Waals surface area contributed by atoms with Crippen molar-refractivity contribution in [3.63, 3.8) is 0 Å². The molecule has 2 saturated heterocycles. The number of nitrogens with one attached hydrogen (secondary N) is 1. The summed E-state index contributed by atoms with van der Waals surface area (Å²) < 4.78 is 27.7. The summed E-state index contributed by atoms with van der Waals surface area (Å²) in [5, 5.41) is -0.115. The first-order chi connectivity index (χ1) is 14.0. The Kier molecular flexibility index (Phi) is 4.80. The predicted octanol–water partition coefficient (Wildman–Crippen LogP) is 2.58. The zero-order chi connectivity index (χ0) is 20.1. The van der Waals surface area contributed by atoms with Gasteiger partial charge in [-0.25, -0.2) is 17.7 Å². The maximum Gasteiger partial charge on any atom is 0.217 e. The highest BCUT2D eigenvalue weighted by Crippen LogP contribution is 2.48. The SMILES string of the molecule is Cc1[nH]cnc1CN1CC2CN(S(=O)(=O)C3CC3)CC2(CCc2ccccc2)C1. The fraction of sp³-hybridized carbons (Fsp3) is 0.591. The van der Waals surface area contributed by atoms with E-state index in [9.17, 15) is 8.42 Å². The van der Waals surface area contributed by atoms with Gasteiger partial charge in [0.2, 0.25) is 10.0 Å². The number of hydrogen-bond acceptors (Lipinski definition) is 4. The maximum atomic E-state index is 12.9. The summed E-state index contributed by atoms with van der Waals surface area (Å²) in [5.74, 6) is 0.402. The number of hydrogen-bond donors (Lipinski definition) is 1. The van der Waals surface area contributed by atoms with Gasteiger partial charge in [-0.3, -0.25) is 4.90 Å². The topological polar surface area (TPSA) is 69.3 Å². The summed E-state index contributed by atoms with van der Waals surface area (Å²) >= 11 is 0. The van der Waals surface area contributed by atoms with E-state index < -0.39 is 10.0 Å². The molecule has 7 heteroatoms. The van der Waals surface area contributed by atoms with Crippen molar-refractivity contribution in [1.29, 1.82) is 0 Å². The van der Waals surface area contributed by atoms with Crippen LogP contribution in [-0.4, -0.2) is 59.0 Å². The lowest BCUT2D eigenvalue weighted by atomic mass is 9.76. The molecule has 2 aromatic rings. The van der Waals surface area contributed by atoms with Crippen LogP contribution in [0.25, 0.3) is 0 Å². The number of aryl methyl sites for hydroxylation is 2. The highest BCUT2D eigenvalue weighted by molar-refractivity contribution is 7.90. The van der Waals surface area contributed by atoms with Gasteiger partial charge in [-0.1, -0.05) is 30.3 Å². The van der Waals surface area contributed by atoms with Crippen molar-refractivity contribution in [2.45, 2.75) is 44.4 Å². The minimum Gasteiger partial charge on any atom is -0.348 e. The molecule has 6 nitrogen and oxygen atoms in total. The van der Waals surface area contributed by atoms with Crippen molar-refractivity contribution >= 4 is 10.0 Å². The molecule has 1 aromatic carbocycles. The van der Waals surface area contributed by atoms with Crippen LogP contribution in [0.2, 0.25) is 0 Å². The normalized spacial score (nSPS) is 28.1. The Morgan fingerprint density at radius 1 is 1.17 bits per heavy atom. The van der Waals surface area contributed by atoms with E-state index in [1.54, 1.807) is 6.33 Å². The number of benzene rings is 1. The minimum absolute atomic E-state index is 0.0437. The Balaban J connectivity index is 1.35. The second-order valence-corrected chi connectivity index (χ2v) is 11.4. The van der Waals surface area contributed by atoms with Crippen LogP contribution < -0.4 is 0 Å². The second-order valence-electron chi connectivity index (χ2n) is 9.23. The molecule has 5 rings (SSSR count). The first-order valence-corrected chi connectivity index (χ1v) is 12.2. The summed E-state index contributed by atoms with van der Waals surface area (Å²) in [7, 11) is -3.11. The molecule has 2 aliphatic heterocycles. The van der Waals surface area contributed by atoms with Crippen molar-refractivity contribution in [3.05, 3.63) is 53.6 Å². The fourth-order valence-electron chi connectivity index (χ4n) is 5.29. The third kappa shape index (κ3) is 3.64. The molecule has 2 atom stereocenters. The van der Waals surface area contributed by atoms with Crippen LogP contribution in [0, 0.1) is 18.3 Å². The Morgan fingerprint density at radius 2 is 1.97 bits per heavy atom. The molecule has 1 aliphatic carbocycles. The zero-order valence-corrected chi connectivity index (χ0v) is 17.9. The lowest BCUT2D eigenvalue weighted by Gasteiger charge is -2.29. The van der Waals surface area contributed by atoms with E-state index in [0.29, 0.717) is 19.0 Å². The molecule has 156 valence electrons. The second kappa shape index (κ2) is 7.22. The average Bonchev–Trinajstić information content (AvgIpc) is 3.31. The molecule has 3 aliphatic rings. The van der Waals surface area contributed by atoms with Gasteiger partial charge in [-0.05, 0) is 44.1 Å². The van der Waals surface area contributed by atoms with Gasteiger partial charge in [0, 0.05) is 43.8 Å². The molecule has 0 bridgehead atoms. The third-order valence-corrected chi connectivity index (χ3v) is 9.48. The molecule has 2 unspecified atom stereocenters. The summed E-state index contributed by atoms with van der Waals surface area (Å²) in [5.41, 5.74) is 3.61. The molecule has 29 heavy (non-hydrogen) atoms. The molecular weight excluding hydrogens is 384 g/mol. The Bertz CT molecular complexity index is 970. The van der Waals surface area contributed by atoms with Crippen LogP contribution in [0.1, 0.15) is 36.2 Å². The van der Waals surface area contributed by atoms with E-state index in [4.69, 9.17) is 0 Å². The highest BCUT2D eigenvalue weighted by atomic mass is 32.2. The van der Waals surface area contributed by atoms with Gasteiger partial charge in [0.15, 0.2) is 0 Å². The first kappa shape index (κ1) is 19.3. The van der Waals surface area contributed by atoms with Crippen LogP contribution in [-0.2, 0) is 23.0 Å². The van der Waals surface area contributed by atoms with E-state index in [0.717, 1.165) is 56.7 Å². The van der Waals surface area contributed by atoms with Crippen LogP contribution >= 0.6 is 0 Å². The molecule has 0 spiro atoms. The highest BCUT2D eigenvalue weighted by Gasteiger charge is 2.56. The number of aromatic amines is 1. The minimum atomic E-state index is -3.11. The van der Waals surface area contributed by atoms with E-state index in [2.05, 4.69) is 46.1 Å². The van der Waals surface area contributed by atoms with Crippen molar-refractivity contribution in [2.75, 3.05) is 26.2 Å². The first-order valence-electron chi connectivity index (χ1n) is 10.7. The van der Waals surface area contributed by atoms with Crippen molar-refractivity contribution in [1.82, 2.24) is 19.2 Å². The van der Waals surface area contributed by atoms with Gasteiger partial charge < -0.3 is 4.98 Å². The monoisotopic (exact) mass is 414 g/mol. The summed E-state index contributed by atoms with van der Waals surface area (Å²) in [6, 6.07) is 10.6. The number of H-pyrrole nitrogens is 1. The molecule has 1 N–H and O–H groups in total. The smallest absolute Gasteiger partial charge is 0.217 e. The van der Waals surface area contributed by atoms with E-state index in [1.165, 1.54) is 5.56 Å². The Morgan fingerprint density at radius 3 is 2.66 bits per heavy atom. The summed E-state index contributed by atoms with van der Waals surface area (Å²) in [6.45, 7) is 6.18. The number of likely N-dealkylation sites (tertiary alicyclic amines) is 1. The third-order valence-electron chi connectivity index (χ3n) is 7.17. The van der Waals surface area contributed by atoms with E-state index >= 15 is 0 Å². The number of aromatic nitrogens is 2. The van der Waals surface area contributed by atoms with E-state index in [1.807, 2.05) is 10.4 Å². The standard InChI is InChI=1S/C22H30N4O2S/c1-17-21(24-16-23-17)13-25-11-19-12-26(29(27,28)20-7-8-20)15-22(19,14-25)10-9-18-5-3-2-4-6-18/h2-6,16,19-20H,7-15H2,1H3,(H,23,24).